The van der Waals surface area contributed by atoms with Crippen molar-refractivity contribution < 1.29 is 17.9 Å². The molecule has 1 fully saturated rings. The van der Waals surface area contributed by atoms with Gasteiger partial charge in [-0.1, -0.05) is 6.92 Å². The van der Waals surface area contributed by atoms with Crippen molar-refractivity contribution in [2.24, 2.45) is 5.92 Å². The van der Waals surface area contributed by atoms with E-state index in [1.807, 2.05) is 13.8 Å². The number of ether oxygens (including phenoxy) is 1. The van der Waals surface area contributed by atoms with Gasteiger partial charge in [0.25, 0.3) is 0 Å². The number of amides is 1. The first-order chi connectivity index (χ1) is 11.2. The molecule has 1 saturated heterocycles. The third kappa shape index (κ3) is 4.27. The van der Waals surface area contributed by atoms with Crippen LogP contribution in [0.5, 0.6) is 5.75 Å². The minimum absolute atomic E-state index is 0.0629. The number of piperidine rings is 1. The fourth-order valence-corrected chi connectivity index (χ4v) is 4.10. The maximum Gasteiger partial charge on any atom is 0.244 e. The average molecular weight is 354 g/mol. The number of sulfonamides is 1. The van der Waals surface area contributed by atoms with Gasteiger partial charge in [-0.15, -0.1) is 0 Å². The number of benzene rings is 1. The van der Waals surface area contributed by atoms with E-state index < -0.39 is 10.0 Å². The molecule has 0 saturated carbocycles. The van der Waals surface area contributed by atoms with E-state index in [0.29, 0.717) is 19.0 Å². The van der Waals surface area contributed by atoms with Crippen LogP contribution in [0.1, 0.15) is 30.9 Å². The third-order valence-electron chi connectivity index (χ3n) is 4.49. The van der Waals surface area contributed by atoms with E-state index in [-0.39, 0.29) is 23.1 Å². The Morgan fingerprint density at radius 3 is 2.62 bits per heavy atom. The summed E-state index contributed by atoms with van der Waals surface area (Å²) in [6.07, 6.45) is 2.07. The highest BCUT2D eigenvalue weighted by atomic mass is 32.2. The van der Waals surface area contributed by atoms with E-state index in [1.54, 1.807) is 17.0 Å². The van der Waals surface area contributed by atoms with Crippen LogP contribution in [-0.4, -0.2) is 46.0 Å². The molecule has 1 aromatic rings. The average Bonchev–Trinajstić information content (AvgIpc) is 2.54. The van der Waals surface area contributed by atoms with Crippen molar-refractivity contribution >= 4 is 15.9 Å². The molecule has 1 unspecified atom stereocenters. The molecule has 1 aliphatic rings. The summed E-state index contributed by atoms with van der Waals surface area (Å²) < 4.78 is 32.7. The molecule has 1 aliphatic heterocycles. The van der Waals surface area contributed by atoms with E-state index in [9.17, 15) is 13.2 Å². The van der Waals surface area contributed by atoms with E-state index in [4.69, 9.17) is 4.74 Å². The Labute approximate surface area is 144 Å². The number of aryl methyl sites for hydroxylation is 2. The fraction of sp³-hybridized carbons (Fsp3) is 0.588. The quantitative estimate of drug-likeness (QED) is 0.875. The van der Waals surface area contributed by atoms with Gasteiger partial charge in [-0.3, -0.25) is 4.79 Å². The van der Waals surface area contributed by atoms with Crippen molar-refractivity contribution in [2.75, 3.05) is 26.7 Å². The molecule has 0 radical (unpaired) electrons. The predicted octanol–water partition coefficient (Wildman–Crippen LogP) is 1.85. The standard InChI is InChI=1S/C17H26N2O4S/c1-12-6-5-7-19(11-12)17(20)10-18-24(21,22)16-9-14(3)13(2)8-15(16)23-4/h8-9,12,18H,5-7,10-11H2,1-4H3. The monoisotopic (exact) mass is 354 g/mol. The van der Waals surface area contributed by atoms with Gasteiger partial charge in [0.05, 0.1) is 13.7 Å². The van der Waals surface area contributed by atoms with Gasteiger partial charge in [-0.25, -0.2) is 13.1 Å². The number of likely N-dealkylation sites (tertiary alicyclic amines) is 1. The Kier molecular flexibility index (Phi) is 5.87. The van der Waals surface area contributed by atoms with Crippen molar-refractivity contribution in [3.8, 4) is 5.75 Å². The molecule has 0 aromatic heterocycles. The van der Waals surface area contributed by atoms with Crippen molar-refractivity contribution in [2.45, 2.75) is 38.5 Å². The lowest BCUT2D eigenvalue weighted by Crippen LogP contribution is -2.44. The fourth-order valence-electron chi connectivity index (χ4n) is 2.89. The normalized spacial score (nSPS) is 18.5. The van der Waals surface area contributed by atoms with Crippen LogP contribution in [0.3, 0.4) is 0 Å². The molecule has 1 atom stereocenters. The number of methoxy groups -OCH3 is 1. The minimum Gasteiger partial charge on any atom is -0.495 e. The van der Waals surface area contributed by atoms with Gasteiger partial charge < -0.3 is 9.64 Å². The lowest BCUT2D eigenvalue weighted by Gasteiger charge is -2.31. The van der Waals surface area contributed by atoms with Crippen LogP contribution in [-0.2, 0) is 14.8 Å². The molecule has 1 heterocycles. The van der Waals surface area contributed by atoms with Crippen molar-refractivity contribution in [3.63, 3.8) is 0 Å². The molecule has 134 valence electrons. The molecule has 1 N–H and O–H groups in total. The zero-order chi connectivity index (χ0) is 17.9. The van der Waals surface area contributed by atoms with Gasteiger partial charge >= 0.3 is 0 Å². The third-order valence-corrected chi connectivity index (χ3v) is 5.92. The highest BCUT2D eigenvalue weighted by molar-refractivity contribution is 7.89. The van der Waals surface area contributed by atoms with Gasteiger partial charge in [0, 0.05) is 13.1 Å². The van der Waals surface area contributed by atoms with Crippen molar-refractivity contribution in [1.82, 2.24) is 9.62 Å². The minimum atomic E-state index is -3.81. The summed E-state index contributed by atoms with van der Waals surface area (Å²) >= 11 is 0. The van der Waals surface area contributed by atoms with E-state index >= 15 is 0 Å². The van der Waals surface area contributed by atoms with Crippen molar-refractivity contribution in [1.29, 1.82) is 0 Å². The molecule has 6 nitrogen and oxygen atoms in total. The van der Waals surface area contributed by atoms with Gasteiger partial charge in [0.15, 0.2) is 0 Å². The SMILES string of the molecule is COc1cc(C)c(C)cc1S(=O)(=O)NCC(=O)N1CCCC(C)C1. The highest BCUT2D eigenvalue weighted by Crippen LogP contribution is 2.27. The second-order valence-corrected chi connectivity index (χ2v) is 8.23. The Morgan fingerprint density at radius 2 is 2.00 bits per heavy atom. The molecule has 0 bridgehead atoms. The van der Waals surface area contributed by atoms with E-state index in [2.05, 4.69) is 11.6 Å². The largest absolute Gasteiger partial charge is 0.495 e. The predicted molar refractivity (Wildman–Crippen MR) is 92.6 cm³/mol. The van der Waals surface area contributed by atoms with E-state index in [0.717, 1.165) is 24.0 Å². The molecule has 0 spiro atoms. The Morgan fingerprint density at radius 1 is 1.33 bits per heavy atom. The Hall–Kier alpha value is -1.60. The van der Waals surface area contributed by atoms with Gasteiger partial charge in [-0.2, -0.15) is 0 Å². The lowest BCUT2D eigenvalue weighted by molar-refractivity contribution is -0.131. The number of carbonyl (C=O) groups excluding carboxylic acids is 1. The Balaban J connectivity index is 2.11. The van der Waals surface area contributed by atoms with Crippen LogP contribution < -0.4 is 9.46 Å². The van der Waals surface area contributed by atoms with Crippen LogP contribution in [0, 0.1) is 19.8 Å². The summed E-state index contributed by atoms with van der Waals surface area (Å²) in [7, 11) is -2.38. The number of carbonyl (C=O) groups is 1. The molecular weight excluding hydrogens is 328 g/mol. The first-order valence-corrected chi connectivity index (χ1v) is 9.65. The molecule has 2 rings (SSSR count). The number of nitrogens with one attached hydrogen (secondary N) is 1. The molecule has 24 heavy (non-hydrogen) atoms. The van der Waals surface area contributed by atoms with Gasteiger partial charge in [-0.05, 0) is 55.9 Å². The molecule has 0 aliphatic carbocycles. The molecule has 1 aromatic carbocycles. The zero-order valence-electron chi connectivity index (χ0n) is 14.8. The number of nitrogens with zero attached hydrogens (tertiary/aromatic N) is 1. The van der Waals surface area contributed by atoms with Crippen LogP contribution in [0.2, 0.25) is 0 Å². The molecular formula is C17H26N2O4S. The summed E-state index contributed by atoms with van der Waals surface area (Å²) in [6.45, 7) is 6.98. The number of hydrogen-bond acceptors (Lipinski definition) is 4. The summed E-state index contributed by atoms with van der Waals surface area (Å²) in [4.78, 5) is 14.1. The zero-order valence-corrected chi connectivity index (χ0v) is 15.6. The van der Waals surface area contributed by atoms with E-state index in [1.165, 1.54) is 7.11 Å². The summed E-state index contributed by atoms with van der Waals surface area (Å²) in [5, 5.41) is 0. The first kappa shape index (κ1) is 18.7. The topological polar surface area (TPSA) is 75.7 Å². The smallest absolute Gasteiger partial charge is 0.244 e. The number of rotatable bonds is 5. The summed E-state index contributed by atoms with van der Waals surface area (Å²) in [6, 6.07) is 3.27. The van der Waals surface area contributed by atoms with Gasteiger partial charge in [0.1, 0.15) is 10.6 Å². The Bertz CT molecular complexity index is 716. The summed E-state index contributed by atoms with van der Waals surface area (Å²) in [5.41, 5.74) is 1.80. The second kappa shape index (κ2) is 7.53. The second-order valence-electron chi connectivity index (χ2n) is 6.50. The molecule has 1 amide bonds. The maximum atomic E-state index is 12.6. The number of hydrogen-bond donors (Lipinski definition) is 1. The van der Waals surface area contributed by atoms with Crippen LogP contribution >= 0.6 is 0 Å². The van der Waals surface area contributed by atoms with Gasteiger partial charge in [0.2, 0.25) is 15.9 Å². The summed E-state index contributed by atoms with van der Waals surface area (Å²) in [5.74, 6) is 0.553. The van der Waals surface area contributed by atoms with Crippen molar-refractivity contribution in [3.05, 3.63) is 23.3 Å². The highest BCUT2D eigenvalue weighted by Gasteiger charge is 2.25. The van der Waals surface area contributed by atoms with Crippen LogP contribution in [0.4, 0.5) is 0 Å². The lowest BCUT2D eigenvalue weighted by atomic mass is 10.0. The van der Waals surface area contributed by atoms with Crippen LogP contribution in [0.25, 0.3) is 0 Å². The van der Waals surface area contributed by atoms with Crippen LogP contribution in [0.15, 0.2) is 17.0 Å². The molecule has 7 heteroatoms. The maximum absolute atomic E-state index is 12.6. The first-order valence-electron chi connectivity index (χ1n) is 8.17.